The predicted molar refractivity (Wildman–Crippen MR) is 29.6 cm³/mol. The van der Waals surface area contributed by atoms with Crippen molar-refractivity contribution in [1.82, 2.24) is 0 Å². The summed E-state index contributed by atoms with van der Waals surface area (Å²) < 4.78 is 4.81. The lowest BCUT2D eigenvalue weighted by Crippen LogP contribution is -1.91. The minimum atomic E-state index is 0.689. The van der Waals surface area contributed by atoms with Crippen molar-refractivity contribution in [2.45, 2.75) is 13.8 Å². The van der Waals surface area contributed by atoms with E-state index in [2.05, 4.69) is 0 Å². The molecule has 0 spiro atoms. The summed E-state index contributed by atoms with van der Waals surface area (Å²) in [4.78, 5) is 0. The van der Waals surface area contributed by atoms with Crippen LogP contribution in [0.1, 0.15) is 13.8 Å². The Morgan fingerprint density at radius 3 is 2.57 bits per heavy atom. The monoisotopic (exact) mass is 101 g/mol. The van der Waals surface area contributed by atoms with Crippen molar-refractivity contribution < 1.29 is 4.74 Å². The molecule has 42 valence electrons. The smallest absolute Gasteiger partial charge is 0.101 e. The molecule has 0 aromatic rings. The lowest BCUT2D eigenvalue weighted by Gasteiger charge is -1.91. The first-order chi connectivity index (χ1) is 3.27. The summed E-state index contributed by atoms with van der Waals surface area (Å²) in [6.45, 7) is 4.39. The van der Waals surface area contributed by atoms with Gasteiger partial charge in [-0.05, 0) is 13.8 Å². The molecule has 0 aliphatic rings. The largest absolute Gasteiger partial charge is 0.500 e. The van der Waals surface area contributed by atoms with Gasteiger partial charge in [0, 0.05) is 5.70 Å². The molecule has 0 atom stereocenters. The Balaban J connectivity index is 3.08. The lowest BCUT2D eigenvalue weighted by molar-refractivity contribution is 0.266. The second kappa shape index (κ2) is 3.53. The van der Waals surface area contributed by atoms with Gasteiger partial charge in [0.2, 0.25) is 0 Å². The fourth-order valence-corrected chi connectivity index (χ4v) is 0.215. The molecule has 0 unspecified atom stereocenters. The van der Waals surface area contributed by atoms with Gasteiger partial charge >= 0.3 is 0 Å². The Bertz CT molecular complexity index is 64.5. The summed E-state index contributed by atoms with van der Waals surface area (Å²) in [6.07, 6.45) is 1.54. The first-order valence-corrected chi connectivity index (χ1v) is 2.31. The number of allylic oxidation sites excluding steroid dienone is 1. The van der Waals surface area contributed by atoms with E-state index in [9.17, 15) is 0 Å². The van der Waals surface area contributed by atoms with Crippen LogP contribution in [-0.4, -0.2) is 6.61 Å². The van der Waals surface area contributed by atoms with Crippen molar-refractivity contribution in [2.75, 3.05) is 6.61 Å². The third-order valence-corrected chi connectivity index (χ3v) is 0.436. The van der Waals surface area contributed by atoms with Crippen LogP contribution in [0, 0.1) is 0 Å². The number of rotatable bonds is 2. The molecule has 0 aromatic heterocycles. The van der Waals surface area contributed by atoms with Crippen LogP contribution in [0.3, 0.4) is 0 Å². The molecule has 0 rings (SSSR count). The molecule has 0 amide bonds. The predicted octanol–water partition coefficient (Wildman–Crippen LogP) is 0.843. The highest BCUT2D eigenvalue weighted by molar-refractivity contribution is 4.83. The van der Waals surface area contributed by atoms with Crippen LogP contribution in [0.4, 0.5) is 0 Å². The van der Waals surface area contributed by atoms with Crippen LogP contribution in [-0.2, 0) is 4.74 Å². The number of hydrogen-bond donors (Lipinski definition) is 1. The van der Waals surface area contributed by atoms with Gasteiger partial charge in [-0.15, -0.1) is 0 Å². The van der Waals surface area contributed by atoms with E-state index in [4.69, 9.17) is 10.5 Å². The van der Waals surface area contributed by atoms with Crippen LogP contribution in [0.15, 0.2) is 12.0 Å². The van der Waals surface area contributed by atoms with Gasteiger partial charge < -0.3 is 10.5 Å². The van der Waals surface area contributed by atoms with E-state index in [-0.39, 0.29) is 0 Å². The van der Waals surface area contributed by atoms with E-state index in [0.717, 1.165) is 0 Å². The summed E-state index contributed by atoms with van der Waals surface area (Å²) in [5.41, 5.74) is 5.92. The quantitative estimate of drug-likeness (QED) is 0.523. The minimum Gasteiger partial charge on any atom is -0.500 e. The van der Waals surface area contributed by atoms with E-state index in [1.54, 1.807) is 13.2 Å². The van der Waals surface area contributed by atoms with Crippen molar-refractivity contribution in [3.05, 3.63) is 12.0 Å². The normalized spacial score (nSPS) is 11.4. The second-order valence-corrected chi connectivity index (χ2v) is 1.32. The summed E-state index contributed by atoms with van der Waals surface area (Å²) in [7, 11) is 0. The van der Waals surface area contributed by atoms with E-state index in [0.29, 0.717) is 12.3 Å². The van der Waals surface area contributed by atoms with E-state index in [1.807, 2.05) is 6.92 Å². The van der Waals surface area contributed by atoms with Crippen molar-refractivity contribution in [3.63, 3.8) is 0 Å². The summed E-state index contributed by atoms with van der Waals surface area (Å²) >= 11 is 0. The molecule has 2 nitrogen and oxygen atoms in total. The third-order valence-electron chi connectivity index (χ3n) is 0.436. The first kappa shape index (κ1) is 6.34. The van der Waals surface area contributed by atoms with Gasteiger partial charge in [0.25, 0.3) is 0 Å². The van der Waals surface area contributed by atoms with Gasteiger partial charge in [-0.25, -0.2) is 0 Å². The Kier molecular flexibility index (Phi) is 3.19. The van der Waals surface area contributed by atoms with Gasteiger partial charge in [-0.2, -0.15) is 0 Å². The number of nitrogens with two attached hydrogens (primary N) is 1. The van der Waals surface area contributed by atoms with Crippen molar-refractivity contribution in [3.8, 4) is 0 Å². The Morgan fingerprint density at radius 2 is 2.43 bits per heavy atom. The highest BCUT2D eigenvalue weighted by Crippen LogP contribution is 1.79. The molecule has 0 saturated carbocycles. The van der Waals surface area contributed by atoms with Crippen molar-refractivity contribution in [2.24, 2.45) is 5.73 Å². The fourth-order valence-electron chi connectivity index (χ4n) is 0.215. The molecule has 0 saturated heterocycles. The summed E-state index contributed by atoms with van der Waals surface area (Å²) in [5, 5.41) is 0. The van der Waals surface area contributed by atoms with Crippen LogP contribution in [0.2, 0.25) is 0 Å². The van der Waals surface area contributed by atoms with Gasteiger partial charge in [0.1, 0.15) is 6.26 Å². The Hall–Kier alpha value is -0.660. The van der Waals surface area contributed by atoms with Crippen LogP contribution in [0.25, 0.3) is 0 Å². The topological polar surface area (TPSA) is 35.2 Å². The molecular formula is C5H11NO. The maximum atomic E-state index is 5.21. The molecule has 2 N–H and O–H groups in total. The molecule has 0 fully saturated rings. The highest BCUT2D eigenvalue weighted by Gasteiger charge is 1.71. The summed E-state index contributed by atoms with van der Waals surface area (Å²) in [6, 6.07) is 0. The Labute approximate surface area is 44.0 Å². The van der Waals surface area contributed by atoms with Crippen LogP contribution < -0.4 is 5.73 Å². The molecule has 0 aliphatic heterocycles. The number of ether oxygens (including phenoxy) is 1. The van der Waals surface area contributed by atoms with Gasteiger partial charge in [0.15, 0.2) is 0 Å². The fraction of sp³-hybridized carbons (Fsp3) is 0.600. The van der Waals surface area contributed by atoms with Gasteiger partial charge in [0.05, 0.1) is 6.61 Å². The molecular weight excluding hydrogens is 90.1 g/mol. The standard InChI is InChI=1S/C5H11NO/c1-3-7-4-5(2)6/h4H,3,6H2,1-2H3. The maximum absolute atomic E-state index is 5.21. The minimum absolute atomic E-state index is 0.689. The SMILES string of the molecule is CCOC=C(C)N. The Morgan fingerprint density at radius 1 is 1.86 bits per heavy atom. The lowest BCUT2D eigenvalue weighted by atomic mass is 10.6. The first-order valence-electron chi connectivity index (χ1n) is 2.31. The second-order valence-electron chi connectivity index (χ2n) is 1.32. The van der Waals surface area contributed by atoms with E-state index in [1.165, 1.54) is 0 Å². The molecule has 2 heteroatoms. The molecule has 0 heterocycles. The number of hydrogen-bond acceptors (Lipinski definition) is 2. The zero-order valence-corrected chi connectivity index (χ0v) is 4.77. The third kappa shape index (κ3) is 5.34. The molecule has 7 heavy (non-hydrogen) atoms. The average Bonchev–Trinajstić information content (AvgIpc) is 1.61. The zero-order valence-electron chi connectivity index (χ0n) is 4.77. The zero-order chi connectivity index (χ0) is 5.70. The highest BCUT2D eigenvalue weighted by atomic mass is 16.5. The van der Waals surface area contributed by atoms with Crippen LogP contribution >= 0.6 is 0 Å². The van der Waals surface area contributed by atoms with E-state index >= 15 is 0 Å². The van der Waals surface area contributed by atoms with Gasteiger partial charge in [-0.3, -0.25) is 0 Å². The average molecular weight is 101 g/mol. The maximum Gasteiger partial charge on any atom is 0.101 e. The van der Waals surface area contributed by atoms with Gasteiger partial charge in [-0.1, -0.05) is 0 Å². The molecule has 0 aromatic carbocycles. The molecule has 0 radical (unpaired) electrons. The van der Waals surface area contributed by atoms with E-state index < -0.39 is 0 Å². The van der Waals surface area contributed by atoms with Crippen LogP contribution in [0.5, 0.6) is 0 Å². The molecule has 0 aliphatic carbocycles. The van der Waals surface area contributed by atoms with Crippen molar-refractivity contribution in [1.29, 1.82) is 0 Å². The van der Waals surface area contributed by atoms with Crippen molar-refractivity contribution >= 4 is 0 Å². The summed E-state index contributed by atoms with van der Waals surface area (Å²) in [5.74, 6) is 0. The molecule has 0 bridgehead atoms.